The molecule has 0 fully saturated rings. The molecule has 0 aliphatic rings. The molecule has 0 spiro atoms. The van der Waals surface area contributed by atoms with Gasteiger partial charge in [0, 0.05) is 11.9 Å². The molecule has 2 rings (SSSR count). The van der Waals surface area contributed by atoms with Gasteiger partial charge in [0.2, 0.25) is 5.28 Å². The van der Waals surface area contributed by atoms with E-state index in [2.05, 4.69) is 20.0 Å². The molecule has 0 radical (unpaired) electrons. The molecule has 0 saturated heterocycles. The lowest BCUT2D eigenvalue weighted by Gasteiger charge is -2.10. The fraction of sp³-hybridized carbons (Fsp3) is 0.0909. The highest BCUT2D eigenvalue weighted by molar-refractivity contribution is 6.28. The fourth-order valence-corrected chi connectivity index (χ4v) is 1.44. The summed E-state index contributed by atoms with van der Waals surface area (Å²) in [5.74, 6) is 0.142. The van der Waals surface area contributed by atoms with Crippen molar-refractivity contribution in [3.05, 3.63) is 41.8 Å². The normalized spacial score (nSPS) is 11.2. The molecule has 19 heavy (non-hydrogen) atoms. The first-order chi connectivity index (χ1) is 8.92. The van der Waals surface area contributed by atoms with E-state index in [0.717, 1.165) is 0 Å². The van der Waals surface area contributed by atoms with Gasteiger partial charge in [0.1, 0.15) is 11.6 Å². The molecule has 0 bridgehead atoms. The van der Waals surface area contributed by atoms with Crippen molar-refractivity contribution in [3.63, 3.8) is 0 Å². The minimum absolute atomic E-state index is 0.0713. The van der Waals surface area contributed by atoms with Crippen LogP contribution in [0.5, 0.6) is 5.75 Å². The second-order valence-corrected chi connectivity index (χ2v) is 3.75. The average molecular weight is 290 g/mol. The maximum atomic E-state index is 12.0. The second kappa shape index (κ2) is 5.31. The number of alkyl halides is 3. The predicted octanol–water partition coefficient (Wildman–Crippen LogP) is 3.77. The minimum Gasteiger partial charge on any atom is -0.406 e. The first-order valence-electron chi connectivity index (χ1n) is 5.04. The number of nitrogens with zero attached hydrogens (tertiary/aromatic N) is 2. The highest BCUT2D eigenvalue weighted by Gasteiger charge is 2.30. The van der Waals surface area contributed by atoms with Crippen LogP contribution in [0.1, 0.15) is 0 Å². The Kier molecular flexibility index (Phi) is 3.75. The number of halogens is 4. The summed E-state index contributed by atoms with van der Waals surface area (Å²) in [5.41, 5.74) is 0.546. The van der Waals surface area contributed by atoms with E-state index in [4.69, 9.17) is 11.6 Å². The zero-order valence-corrected chi connectivity index (χ0v) is 10.0. The second-order valence-electron chi connectivity index (χ2n) is 3.41. The summed E-state index contributed by atoms with van der Waals surface area (Å²) < 4.78 is 39.6. The molecule has 0 aliphatic carbocycles. The van der Waals surface area contributed by atoms with Gasteiger partial charge in [-0.15, -0.1) is 13.2 Å². The molecule has 2 aromatic rings. The lowest BCUT2D eigenvalue weighted by atomic mass is 10.3. The lowest BCUT2D eigenvalue weighted by Crippen LogP contribution is -2.16. The number of ether oxygens (including phenoxy) is 1. The third kappa shape index (κ3) is 4.29. The highest BCUT2D eigenvalue weighted by atomic mass is 35.5. The van der Waals surface area contributed by atoms with Gasteiger partial charge >= 0.3 is 6.36 Å². The third-order valence-corrected chi connectivity index (χ3v) is 2.17. The summed E-state index contributed by atoms with van der Waals surface area (Å²) in [5, 5.41) is 2.93. The Hall–Kier alpha value is -2.02. The van der Waals surface area contributed by atoms with Gasteiger partial charge in [-0.2, -0.15) is 0 Å². The molecule has 0 amide bonds. The standard InChI is InChI=1S/C11H7ClF3N3O/c12-10-16-6-5-9(18-10)17-7-1-3-8(4-2-7)19-11(13,14)15/h1-6H,(H,16,17,18). The molecule has 0 aliphatic heterocycles. The van der Waals surface area contributed by atoms with Crippen LogP contribution in [0.25, 0.3) is 0 Å². The van der Waals surface area contributed by atoms with Crippen molar-refractivity contribution in [3.8, 4) is 5.75 Å². The summed E-state index contributed by atoms with van der Waals surface area (Å²) in [4.78, 5) is 7.59. The van der Waals surface area contributed by atoms with Crippen molar-refractivity contribution < 1.29 is 17.9 Å². The molecule has 1 N–H and O–H groups in total. The van der Waals surface area contributed by atoms with Crippen molar-refractivity contribution in [1.82, 2.24) is 9.97 Å². The van der Waals surface area contributed by atoms with Gasteiger partial charge in [-0.05, 0) is 41.9 Å². The van der Waals surface area contributed by atoms with Gasteiger partial charge in [-0.1, -0.05) is 0 Å². The number of anilines is 2. The Morgan fingerprint density at radius 1 is 1.11 bits per heavy atom. The maximum absolute atomic E-state index is 12.0. The summed E-state index contributed by atoms with van der Waals surface area (Å²) >= 11 is 5.60. The first-order valence-corrected chi connectivity index (χ1v) is 5.41. The minimum atomic E-state index is -4.70. The molecule has 1 heterocycles. The predicted molar refractivity (Wildman–Crippen MR) is 63.4 cm³/mol. The molecule has 0 unspecified atom stereocenters. The molecule has 1 aromatic heterocycles. The fourth-order valence-electron chi connectivity index (χ4n) is 1.29. The van der Waals surface area contributed by atoms with Crippen molar-refractivity contribution in [2.24, 2.45) is 0 Å². The molecule has 1 aromatic carbocycles. The molecule has 0 saturated carbocycles. The average Bonchev–Trinajstić information content (AvgIpc) is 2.30. The Morgan fingerprint density at radius 2 is 1.79 bits per heavy atom. The van der Waals surface area contributed by atoms with Gasteiger partial charge in [-0.25, -0.2) is 9.97 Å². The Bertz CT molecular complexity index is 560. The SMILES string of the molecule is FC(F)(F)Oc1ccc(Nc2ccnc(Cl)n2)cc1. The van der Waals surface area contributed by atoms with Crippen LogP contribution in [0.3, 0.4) is 0 Å². The van der Waals surface area contributed by atoms with Gasteiger partial charge in [-0.3, -0.25) is 0 Å². The highest BCUT2D eigenvalue weighted by Crippen LogP contribution is 2.24. The Labute approximate surface area is 111 Å². The zero-order valence-electron chi connectivity index (χ0n) is 9.28. The number of rotatable bonds is 3. The quantitative estimate of drug-likeness (QED) is 0.874. The van der Waals surface area contributed by atoms with E-state index in [9.17, 15) is 13.2 Å². The number of nitrogens with one attached hydrogen (secondary N) is 1. The van der Waals surface area contributed by atoms with E-state index in [0.29, 0.717) is 11.5 Å². The number of aromatic nitrogens is 2. The van der Waals surface area contributed by atoms with E-state index in [1.54, 1.807) is 6.07 Å². The van der Waals surface area contributed by atoms with Crippen molar-refractivity contribution in [1.29, 1.82) is 0 Å². The van der Waals surface area contributed by atoms with E-state index < -0.39 is 6.36 Å². The van der Waals surface area contributed by atoms with Crippen molar-refractivity contribution in [2.45, 2.75) is 6.36 Å². The van der Waals surface area contributed by atoms with Crippen LogP contribution in [0.4, 0.5) is 24.7 Å². The van der Waals surface area contributed by atoms with E-state index >= 15 is 0 Å². The van der Waals surface area contributed by atoms with E-state index in [-0.39, 0.29) is 11.0 Å². The van der Waals surface area contributed by atoms with Crippen LogP contribution < -0.4 is 10.1 Å². The Morgan fingerprint density at radius 3 is 2.37 bits per heavy atom. The lowest BCUT2D eigenvalue weighted by molar-refractivity contribution is -0.274. The summed E-state index contributed by atoms with van der Waals surface area (Å²) in [6.07, 6.45) is -3.24. The topological polar surface area (TPSA) is 47.0 Å². The van der Waals surface area contributed by atoms with Gasteiger partial charge in [0.15, 0.2) is 0 Å². The number of hydrogen-bond donors (Lipinski definition) is 1. The molecular weight excluding hydrogens is 283 g/mol. The van der Waals surface area contributed by atoms with Crippen LogP contribution in [0, 0.1) is 0 Å². The largest absolute Gasteiger partial charge is 0.573 e. The first kappa shape index (κ1) is 13.4. The van der Waals surface area contributed by atoms with Crippen LogP contribution in [0.15, 0.2) is 36.5 Å². The maximum Gasteiger partial charge on any atom is 0.573 e. The summed E-state index contributed by atoms with van der Waals surface area (Å²) in [7, 11) is 0. The molecular formula is C11H7ClF3N3O. The van der Waals surface area contributed by atoms with Crippen molar-refractivity contribution >= 4 is 23.1 Å². The summed E-state index contributed by atoms with van der Waals surface area (Å²) in [6, 6.07) is 6.82. The molecule has 0 atom stereocenters. The Balaban J connectivity index is 2.07. The zero-order chi connectivity index (χ0) is 13.9. The van der Waals surface area contributed by atoms with Gasteiger partial charge in [0.25, 0.3) is 0 Å². The smallest absolute Gasteiger partial charge is 0.406 e. The van der Waals surface area contributed by atoms with Crippen molar-refractivity contribution in [2.75, 3.05) is 5.32 Å². The van der Waals surface area contributed by atoms with Crippen LogP contribution in [-0.2, 0) is 0 Å². The van der Waals surface area contributed by atoms with Crippen LogP contribution >= 0.6 is 11.6 Å². The molecule has 100 valence electrons. The van der Waals surface area contributed by atoms with Gasteiger partial charge in [0.05, 0.1) is 0 Å². The van der Waals surface area contributed by atoms with E-state index in [1.807, 2.05) is 0 Å². The molecule has 8 heteroatoms. The van der Waals surface area contributed by atoms with Gasteiger partial charge < -0.3 is 10.1 Å². The molecule has 4 nitrogen and oxygen atoms in total. The van der Waals surface area contributed by atoms with Crippen LogP contribution in [0.2, 0.25) is 5.28 Å². The van der Waals surface area contributed by atoms with E-state index in [1.165, 1.54) is 30.5 Å². The van der Waals surface area contributed by atoms with Crippen LogP contribution in [-0.4, -0.2) is 16.3 Å². The summed E-state index contributed by atoms with van der Waals surface area (Å²) in [6.45, 7) is 0. The number of benzene rings is 1. The number of hydrogen-bond acceptors (Lipinski definition) is 4. The monoisotopic (exact) mass is 289 g/mol. The third-order valence-electron chi connectivity index (χ3n) is 1.99.